The molecule has 134 valence electrons. The molecule has 0 aliphatic heterocycles. The van der Waals surface area contributed by atoms with Crippen molar-refractivity contribution in [2.45, 2.75) is 26.3 Å². The molecule has 2 amide bonds. The standard InChI is InChI=1S/C20H21N3O3/c1-3-11-21-19(24)13(2)22-20(25)15-9-10-17-16(12-15)18(26-23-17)14-7-5-4-6-8-14/h4-10,12-13H,3,11H2,1-2H3,(H,21,24)(H,22,25). The highest BCUT2D eigenvalue weighted by atomic mass is 16.5. The summed E-state index contributed by atoms with van der Waals surface area (Å²) in [5.74, 6) is 0.103. The average Bonchev–Trinajstić information content (AvgIpc) is 3.09. The van der Waals surface area contributed by atoms with Crippen molar-refractivity contribution in [1.82, 2.24) is 15.8 Å². The van der Waals surface area contributed by atoms with Crippen LogP contribution in [0.25, 0.3) is 22.2 Å². The van der Waals surface area contributed by atoms with Crippen molar-refractivity contribution in [3.05, 3.63) is 54.1 Å². The molecule has 0 radical (unpaired) electrons. The van der Waals surface area contributed by atoms with Crippen molar-refractivity contribution in [3.63, 3.8) is 0 Å². The van der Waals surface area contributed by atoms with Gasteiger partial charge in [-0.25, -0.2) is 0 Å². The molecule has 0 saturated heterocycles. The molecule has 0 aliphatic rings. The normalized spacial score (nSPS) is 11.9. The topological polar surface area (TPSA) is 84.2 Å². The Balaban J connectivity index is 1.82. The van der Waals surface area contributed by atoms with E-state index in [1.54, 1.807) is 25.1 Å². The van der Waals surface area contributed by atoms with Crippen molar-refractivity contribution < 1.29 is 14.1 Å². The molecule has 0 spiro atoms. The summed E-state index contributed by atoms with van der Waals surface area (Å²) in [4.78, 5) is 24.4. The number of hydrogen-bond donors (Lipinski definition) is 2. The first-order chi connectivity index (χ1) is 12.6. The summed E-state index contributed by atoms with van der Waals surface area (Å²) in [6.45, 7) is 4.23. The van der Waals surface area contributed by atoms with Gasteiger partial charge >= 0.3 is 0 Å². The van der Waals surface area contributed by atoms with Crippen LogP contribution in [0, 0.1) is 0 Å². The largest absolute Gasteiger partial charge is 0.355 e. The quantitative estimate of drug-likeness (QED) is 0.714. The molecule has 1 heterocycles. The zero-order valence-corrected chi connectivity index (χ0v) is 14.8. The average molecular weight is 351 g/mol. The number of rotatable bonds is 6. The molecule has 1 unspecified atom stereocenters. The van der Waals surface area contributed by atoms with Gasteiger partial charge in [0, 0.05) is 17.7 Å². The number of fused-ring (bicyclic) bond motifs is 1. The third kappa shape index (κ3) is 3.74. The van der Waals surface area contributed by atoms with Crippen LogP contribution < -0.4 is 10.6 Å². The van der Waals surface area contributed by atoms with Crippen molar-refractivity contribution in [2.24, 2.45) is 0 Å². The Morgan fingerprint density at radius 3 is 2.65 bits per heavy atom. The van der Waals surface area contributed by atoms with Gasteiger partial charge in [-0.1, -0.05) is 42.4 Å². The lowest BCUT2D eigenvalue weighted by Gasteiger charge is -2.13. The summed E-state index contributed by atoms with van der Waals surface area (Å²) >= 11 is 0. The first-order valence-corrected chi connectivity index (χ1v) is 8.63. The van der Waals surface area contributed by atoms with Crippen LogP contribution in [-0.4, -0.2) is 29.6 Å². The Morgan fingerprint density at radius 1 is 1.15 bits per heavy atom. The number of nitrogens with zero attached hydrogens (tertiary/aromatic N) is 1. The third-order valence-corrected chi connectivity index (χ3v) is 4.06. The second kappa shape index (κ2) is 7.82. The van der Waals surface area contributed by atoms with Gasteiger partial charge in [-0.15, -0.1) is 0 Å². The highest BCUT2D eigenvalue weighted by molar-refractivity contribution is 6.02. The molecule has 2 N–H and O–H groups in total. The van der Waals surface area contributed by atoms with E-state index in [1.165, 1.54) is 0 Å². The summed E-state index contributed by atoms with van der Waals surface area (Å²) in [6, 6.07) is 14.1. The first kappa shape index (κ1) is 17.7. The van der Waals surface area contributed by atoms with E-state index >= 15 is 0 Å². The number of benzene rings is 2. The van der Waals surface area contributed by atoms with Crippen molar-refractivity contribution in [1.29, 1.82) is 0 Å². The number of aromatic nitrogens is 1. The summed E-state index contributed by atoms with van der Waals surface area (Å²) in [5, 5.41) is 10.3. The molecule has 0 saturated carbocycles. The second-order valence-electron chi connectivity index (χ2n) is 6.10. The van der Waals surface area contributed by atoms with E-state index in [-0.39, 0.29) is 11.8 Å². The summed E-state index contributed by atoms with van der Waals surface area (Å²) in [5.41, 5.74) is 2.02. The number of carbonyl (C=O) groups excluding carboxylic acids is 2. The van der Waals surface area contributed by atoms with Gasteiger partial charge < -0.3 is 15.2 Å². The molecule has 1 aromatic heterocycles. The SMILES string of the molecule is CCCNC(=O)C(C)NC(=O)c1ccc2noc(-c3ccccc3)c2c1. The molecule has 1 atom stereocenters. The van der Waals surface area contributed by atoms with Gasteiger partial charge in [0.2, 0.25) is 5.91 Å². The molecular formula is C20H21N3O3. The molecule has 2 aromatic carbocycles. The predicted octanol–water partition coefficient (Wildman–Crippen LogP) is 3.14. The van der Waals surface area contributed by atoms with Crippen LogP contribution in [0.4, 0.5) is 0 Å². The van der Waals surface area contributed by atoms with Crippen molar-refractivity contribution in [3.8, 4) is 11.3 Å². The van der Waals surface area contributed by atoms with Crippen LogP contribution in [0.5, 0.6) is 0 Å². The number of hydrogen-bond acceptors (Lipinski definition) is 4. The van der Waals surface area contributed by atoms with E-state index in [2.05, 4.69) is 15.8 Å². The fourth-order valence-corrected chi connectivity index (χ4v) is 2.63. The molecule has 0 bridgehead atoms. The minimum atomic E-state index is -0.610. The van der Waals surface area contributed by atoms with Gasteiger partial charge in [-0.2, -0.15) is 0 Å². The van der Waals surface area contributed by atoms with Crippen LogP contribution in [-0.2, 0) is 4.79 Å². The zero-order valence-electron chi connectivity index (χ0n) is 14.8. The Bertz CT molecular complexity index is 918. The minimum absolute atomic E-state index is 0.198. The summed E-state index contributed by atoms with van der Waals surface area (Å²) in [7, 11) is 0. The van der Waals surface area contributed by atoms with E-state index in [1.807, 2.05) is 37.3 Å². The van der Waals surface area contributed by atoms with Gasteiger partial charge in [0.15, 0.2) is 5.76 Å². The smallest absolute Gasteiger partial charge is 0.251 e. The fourth-order valence-electron chi connectivity index (χ4n) is 2.63. The molecule has 6 nitrogen and oxygen atoms in total. The highest BCUT2D eigenvalue weighted by Gasteiger charge is 2.18. The lowest BCUT2D eigenvalue weighted by atomic mass is 10.1. The maximum atomic E-state index is 12.5. The van der Waals surface area contributed by atoms with Crippen LogP contribution >= 0.6 is 0 Å². The molecule has 3 rings (SSSR count). The van der Waals surface area contributed by atoms with Crippen LogP contribution in [0.3, 0.4) is 0 Å². The Kier molecular flexibility index (Phi) is 5.31. The van der Waals surface area contributed by atoms with Crippen LogP contribution in [0.1, 0.15) is 30.6 Å². The summed E-state index contributed by atoms with van der Waals surface area (Å²) in [6.07, 6.45) is 0.846. The zero-order chi connectivity index (χ0) is 18.5. The van der Waals surface area contributed by atoms with E-state index in [0.717, 1.165) is 17.4 Å². The first-order valence-electron chi connectivity index (χ1n) is 8.63. The van der Waals surface area contributed by atoms with Crippen LogP contribution in [0.15, 0.2) is 53.1 Å². The van der Waals surface area contributed by atoms with E-state index < -0.39 is 6.04 Å². The minimum Gasteiger partial charge on any atom is -0.355 e. The van der Waals surface area contributed by atoms with Gasteiger partial charge in [0.25, 0.3) is 5.91 Å². The van der Waals surface area contributed by atoms with E-state index in [9.17, 15) is 9.59 Å². The van der Waals surface area contributed by atoms with Crippen LogP contribution in [0.2, 0.25) is 0 Å². The number of carbonyl (C=O) groups is 2. The van der Waals surface area contributed by atoms with Gasteiger partial charge in [0.05, 0.1) is 5.39 Å². The van der Waals surface area contributed by atoms with E-state index in [0.29, 0.717) is 23.4 Å². The molecule has 26 heavy (non-hydrogen) atoms. The summed E-state index contributed by atoms with van der Waals surface area (Å²) < 4.78 is 5.45. The van der Waals surface area contributed by atoms with Gasteiger partial charge in [-0.05, 0) is 31.5 Å². The van der Waals surface area contributed by atoms with Crippen molar-refractivity contribution in [2.75, 3.05) is 6.54 Å². The fraction of sp³-hybridized carbons (Fsp3) is 0.250. The lowest BCUT2D eigenvalue weighted by molar-refractivity contribution is -0.122. The third-order valence-electron chi connectivity index (χ3n) is 4.06. The second-order valence-corrected chi connectivity index (χ2v) is 6.10. The molecule has 0 aliphatic carbocycles. The predicted molar refractivity (Wildman–Crippen MR) is 99.7 cm³/mol. The Hall–Kier alpha value is -3.15. The highest BCUT2D eigenvalue weighted by Crippen LogP contribution is 2.29. The molecule has 6 heteroatoms. The maximum Gasteiger partial charge on any atom is 0.251 e. The lowest BCUT2D eigenvalue weighted by Crippen LogP contribution is -2.44. The number of amides is 2. The van der Waals surface area contributed by atoms with Gasteiger partial charge in [-0.3, -0.25) is 9.59 Å². The molecular weight excluding hydrogens is 330 g/mol. The molecule has 0 fully saturated rings. The Morgan fingerprint density at radius 2 is 1.92 bits per heavy atom. The Labute approximate surface area is 151 Å². The molecule has 3 aromatic rings. The van der Waals surface area contributed by atoms with Crippen molar-refractivity contribution >= 4 is 22.7 Å². The van der Waals surface area contributed by atoms with E-state index in [4.69, 9.17) is 4.52 Å². The van der Waals surface area contributed by atoms with Gasteiger partial charge in [0.1, 0.15) is 11.6 Å². The maximum absolute atomic E-state index is 12.5. The monoisotopic (exact) mass is 351 g/mol. The number of nitrogens with one attached hydrogen (secondary N) is 2.